The summed E-state index contributed by atoms with van der Waals surface area (Å²) in [5.74, 6) is -2.00. The maximum atomic E-state index is 13.6. The monoisotopic (exact) mass is 269 g/mol. The Morgan fingerprint density at radius 3 is 2.74 bits per heavy atom. The van der Waals surface area contributed by atoms with Gasteiger partial charge in [0.25, 0.3) is 5.91 Å². The lowest BCUT2D eigenvalue weighted by molar-refractivity contribution is 0.0437. The summed E-state index contributed by atoms with van der Waals surface area (Å²) >= 11 is 0. The lowest BCUT2D eigenvalue weighted by Gasteiger charge is -2.22. The Bertz CT molecular complexity index is 488. The first-order valence-electron chi connectivity index (χ1n) is 6.36. The molecule has 1 N–H and O–H groups in total. The van der Waals surface area contributed by atoms with Crippen LogP contribution in [-0.2, 0) is 0 Å². The smallest absolute Gasteiger partial charge is 0.256 e. The van der Waals surface area contributed by atoms with Gasteiger partial charge in [0.2, 0.25) is 0 Å². The first-order valence-corrected chi connectivity index (χ1v) is 6.36. The molecule has 1 aromatic rings. The number of aliphatic hydroxyl groups is 1. The van der Waals surface area contributed by atoms with E-state index < -0.39 is 23.1 Å². The first-order chi connectivity index (χ1) is 8.89. The van der Waals surface area contributed by atoms with E-state index in [9.17, 15) is 18.7 Å². The first kappa shape index (κ1) is 13.9. The number of carbonyl (C=O) groups excluding carboxylic acids is 1. The van der Waals surface area contributed by atoms with Gasteiger partial charge < -0.3 is 10.0 Å². The number of hydrogen-bond donors (Lipinski definition) is 1. The van der Waals surface area contributed by atoms with Gasteiger partial charge in [0.1, 0.15) is 11.6 Å². The van der Waals surface area contributed by atoms with Crippen molar-refractivity contribution in [3.63, 3.8) is 0 Å². The Morgan fingerprint density at radius 1 is 1.32 bits per heavy atom. The van der Waals surface area contributed by atoms with Crippen molar-refractivity contribution in [2.24, 2.45) is 0 Å². The van der Waals surface area contributed by atoms with Crippen LogP contribution in [0.15, 0.2) is 18.2 Å². The highest BCUT2D eigenvalue weighted by molar-refractivity contribution is 5.94. The van der Waals surface area contributed by atoms with E-state index in [1.54, 1.807) is 6.92 Å². The van der Waals surface area contributed by atoms with Gasteiger partial charge in [-0.15, -0.1) is 0 Å². The summed E-state index contributed by atoms with van der Waals surface area (Å²) in [7, 11) is 0. The van der Waals surface area contributed by atoms with Crippen LogP contribution in [-0.4, -0.2) is 34.6 Å². The molecule has 1 atom stereocenters. The van der Waals surface area contributed by atoms with Crippen LogP contribution in [0.2, 0.25) is 0 Å². The summed E-state index contributed by atoms with van der Waals surface area (Å²) in [5.41, 5.74) is -0.904. The Balaban J connectivity index is 2.15. The van der Waals surface area contributed by atoms with E-state index in [4.69, 9.17) is 0 Å². The van der Waals surface area contributed by atoms with E-state index in [0.29, 0.717) is 38.4 Å². The van der Waals surface area contributed by atoms with Gasteiger partial charge in [0.15, 0.2) is 0 Å². The van der Waals surface area contributed by atoms with Gasteiger partial charge in [-0.3, -0.25) is 4.79 Å². The number of hydrogen-bond acceptors (Lipinski definition) is 2. The SMILES string of the molecule is CC1(O)CCCN(C(=O)c2ccc(F)cc2F)CC1. The number of nitrogens with zero attached hydrogens (tertiary/aromatic N) is 1. The molecule has 0 aliphatic carbocycles. The van der Waals surface area contributed by atoms with Gasteiger partial charge in [-0.2, -0.15) is 0 Å². The van der Waals surface area contributed by atoms with Crippen LogP contribution < -0.4 is 0 Å². The number of likely N-dealkylation sites (tertiary alicyclic amines) is 1. The summed E-state index contributed by atoms with van der Waals surface area (Å²) in [6.07, 6.45) is 1.74. The highest BCUT2D eigenvalue weighted by Gasteiger charge is 2.28. The second-order valence-electron chi connectivity index (χ2n) is 5.27. The molecule has 1 amide bonds. The van der Waals surface area contributed by atoms with Crippen molar-refractivity contribution in [3.8, 4) is 0 Å². The van der Waals surface area contributed by atoms with Crippen LogP contribution in [0, 0.1) is 11.6 Å². The average Bonchev–Trinajstić information content (AvgIpc) is 2.49. The normalized spacial score (nSPS) is 24.1. The number of benzene rings is 1. The molecule has 5 heteroatoms. The predicted octanol–water partition coefficient (Wildman–Crippen LogP) is 2.34. The Kier molecular flexibility index (Phi) is 3.85. The highest BCUT2D eigenvalue weighted by atomic mass is 19.1. The zero-order valence-corrected chi connectivity index (χ0v) is 10.8. The lowest BCUT2D eigenvalue weighted by atomic mass is 9.98. The van der Waals surface area contributed by atoms with E-state index >= 15 is 0 Å². The summed E-state index contributed by atoms with van der Waals surface area (Å²) in [6, 6.07) is 2.95. The molecule has 104 valence electrons. The van der Waals surface area contributed by atoms with Crippen LogP contribution in [0.4, 0.5) is 8.78 Å². The molecule has 0 bridgehead atoms. The summed E-state index contributed by atoms with van der Waals surface area (Å²) < 4.78 is 26.4. The quantitative estimate of drug-likeness (QED) is 0.850. The molecule has 1 aliphatic heterocycles. The average molecular weight is 269 g/mol. The third-order valence-electron chi connectivity index (χ3n) is 3.51. The van der Waals surface area contributed by atoms with Crippen molar-refractivity contribution >= 4 is 5.91 Å². The summed E-state index contributed by atoms with van der Waals surface area (Å²) in [6.45, 7) is 2.59. The van der Waals surface area contributed by atoms with Crippen molar-refractivity contribution in [2.45, 2.75) is 31.8 Å². The largest absolute Gasteiger partial charge is 0.390 e. The van der Waals surface area contributed by atoms with E-state index in [-0.39, 0.29) is 5.56 Å². The minimum Gasteiger partial charge on any atom is -0.390 e. The minimum atomic E-state index is -0.846. The Morgan fingerprint density at radius 2 is 2.05 bits per heavy atom. The number of halogens is 2. The van der Waals surface area contributed by atoms with Crippen LogP contribution >= 0.6 is 0 Å². The summed E-state index contributed by atoms with van der Waals surface area (Å²) in [5, 5.41) is 9.95. The van der Waals surface area contributed by atoms with Crippen LogP contribution in [0.3, 0.4) is 0 Å². The molecule has 1 aliphatic rings. The molecule has 1 unspecified atom stereocenters. The molecule has 0 aromatic heterocycles. The van der Waals surface area contributed by atoms with E-state index in [0.717, 1.165) is 12.1 Å². The van der Waals surface area contributed by atoms with Crippen LogP contribution in [0.25, 0.3) is 0 Å². The molecule has 0 spiro atoms. The van der Waals surface area contributed by atoms with Crippen LogP contribution in [0.1, 0.15) is 36.5 Å². The molecule has 1 saturated heterocycles. The van der Waals surface area contributed by atoms with Gasteiger partial charge >= 0.3 is 0 Å². The van der Waals surface area contributed by atoms with E-state index in [1.165, 1.54) is 4.90 Å². The van der Waals surface area contributed by atoms with Gasteiger partial charge in [0.05, 0.1) is 11.2 Å². The molecule has 3 nitrogen and oxygen atoms in total. The fourth-order valence-corrected chi connectivity index (χ4v) is 2.30. The molecule has 1 heterocycles. The third-order valence-corrected chi connectivity index (χ3v) is 3.51. The van der Waals surface area contributed by atoms with Gasteiger partial charge in [-0.1, -0.05) is 0 Å². The van der Waals surface area contributed by atoms with Crippen molar-refractivity contribution in [1.29, 1.82) is 0 Å². The highest BCUT2D eigenvalue weighted by Crippen LogP contribution is 2.23. The third kappa shape index (κ3) is 3.29. The lowest BCUT2D eigenvalue weighted by Crippen LogP contribution is -2.34. The van der Waals surface area contributed by atoms with Crippen LogP contribution in [0.5, 0.6) is 0 Å². The summed E-state index contributed by atoms with van der Waals surface area (Å²) in [4.78, 5) is 13.7. The fourth-order valence-electron chi connectivity index (χ4n) is 2.30. The number of rotatable bonds is 1. The number of carbonyl (C=O) groups is 1. The molecule has 2 rings (SSSR count). The van der Waals surface area contributed by atoms with Crippen molar-refractivity contribution in [1.82, 2.24) is 4.90 Å². The molecule has 0 saturated carbocycles. The maximum absolute atomic E-state index is 13.6. The van der Waals surface area contributed by atoms with Crippen molar-refractivity contribution in [3.05, 3.63) is 35.4 Å². The predicted molar refractivity (Wildman–Crippen MR) is 66.7 cm³/mol. The van der Waals surface area contributed by atoms with E-state index in [1.807, 2.05) is 0 Å². The Hall–Kier alpha value is -1.49. The molecule has 0 radical (unpaired) electrons. The Labute approximate surface area is 110 Å². The fraction of sp³-hybridized carbons (Fsp3) is 0.500. The molecule has 1 aromatic carbocycles. The maximum Gasteiger partial charge on any atom is 0.256 e. The van der Waals surface area contributed by atoms with Crippen molar-refractivity contribution < 1.29 is 18.7 Å². The number of amides is 1. The standard InChI is InChI=1S/C14H17F2NO2/c1-14(19)5-2-7-17(8-6-14)13(18)11-4-3-10(15)9-12(11)16/h3-4,9,19H,2,5-8H2,1H3. The van der Waals surface area contributed by atoms with Gasteiger partial charge in [-0.25, -0.2) is 8.78 Å². The second-order valence-corrected chi connectivity index (χ2v) is 5.27. The van der Waals surface area contributed by atoms with E-state index in [2.05, 4.69) is 0 Å². The topological polar surface area (TPSA) is 40.5 Å². The van der Waals surface area contributed by atoms with Crippen molar-refractivity contribution in [2.75, 3.05) is 13.1 Å². The van der Waals surface area contributed by atoms with Gasteiger partial charge in [-0.05, 0) is 38.3 Å². The second kappa shape index (κ2) is 5.25. The minimum absolute atomic E-state index is 0.122. The molecular weight excluding hydrogens is 252 g/mol. The molecule has 1 fully saturated rings. The van der Waals surface area contributed by atoms with Gasteiger partial charge in [0, 0.05) is 19.2 Å². The molecule has 19 heavy (non-hydrogen) atoms. The zero-order chi connectivity index (χ0) is 14.0. The molecular formula is C14H17F2NO2. The zero-order valence-electron chi connectivity index (χ0n) is 10.8.